The molecule has 0 atom stereocenters. The minimum Gasteiger partial charge on any atom is -0.334 e. The first-order valence-corrected chi connectivity index (χ1v) is 3.50. The van der Waals surface area contributed by atoms with Crippen molar-refractivity contribution in [3.05, 3.63) is 10.1 Å². The van der Waals surface area contributed by atoms with Crippen LogP contribution >= 0.6 is 0 Å². The predicted molar refractivity (Wildman–Crippen MR) is 37.6 cm³/mol. The van der Waals surface area contributed by atoms with Crippen LogP contribution in [0.5, 0.6) is 0 Å². The summed E-state index contributed by atoms with van der Waals surface area (Å²) in [5, 5.41) is 11.1. The summed E-state index contributed by atoms with van der Waals surface area (Å²) in [7, 11) is 0. The zero-order valence-corrected chi connectivity index (χ0v) is 5.93. The molecule has 2 heterocycles. The number of nitrogens with zero attached hydrogens (tertiary/aromatic N) is 4. The van der Waals surface area contributed by atoms with Crippen LogP contribution in [0.4, 0.5) is 0 Å². The molecule has 6 heteroatoms. The lowest BCUT2D eigenvalue weighted by Crippen LogP contribution is -2.34. The maximum absolute atomic E-state index is 10.4. The van der Waals surface area contributed by atoms with Gasteiger partial charge in [0.1, 0.15) is 6.54 Å². The van der Waals surface area contributed by atoms with Crippen molar-refractivity contribution >= 4 is 5.96 Å². The van der Waals surface area contributed by atoms with Crippen LogP contribution in [0.15, 0.2) is 4.99 Å². The van der Waals surface area contributed by atoms with E-state index in [4.69, 9.17) is 0 Å². The van der Waals surface area contributed by atoms with Crippen molar-refractivity contribution in [1.29, 1.82) is 0 Å². The Morgan fingerprint density at radius 2 is 2.27 bits per heavy atom. The van der Waals surface area contributed by atoms with E-state index in [0.29, 0.717) is 19.0 Å². The summed E-state index contributed by atoms with van der Waals surface area (Å²) in [6.45, 7) is 2.73. The van der Waals surface area contributed by atoms with Gasteiger partial charge in [-0.2, -0.15) is 0 Å². The largest absolute Gasteiger partial charge is 0.334 e. The van der Waals surface area contributed by atoms with Crippen molar-refractivity contribution in [3.8, 4) is 0 Å². The van der Waals surface area contributed by atoms with Crippen molar-refractivity contribution in [2.45, 2.75) is 0 Å². The van der Waals surface area contributed by atoms with E-state index >= 15 is 0 Å². The van der Waals surface area contributed by atoms with Crippen molar-refractivity contribution < 1.29 is 5.03 Å². The summed E-state index contributed by atoms with van der Waals surface area (Å²) in [6.07, 6.45) is 0. The molecule has 60 valence electrons. The molecule has 0 radical (unpaired) electrons. The lowest BCUT2D eigenvalue weighted by atomic mass is 10.6. The Morgan fingerprint density at radius 3 is 3.00 bits per heavy atom. The minimum absolute atomic E-state index is 0.399. The van der Waals surface area contributed by atoms with E-state index in [1.54, 1.807) is 0 Å². The topological polar surface area (TPSA) is 62.0 Å². The number of nitro groups is 1. The van der Waals surface area contributed by atoms with E-state index in [-0.39, 0.29) is 0 Å². The predicted octanol–water partition coefficient (Wildman–Crippen LogP) is -0.835. The number of fused-ring (bicyclic) bond motifs is 1. The Bertz CT molecular complexity index is 227. The molecule has 0 aromatic rings. The maximum Gasteiger partial charge on any atom is 0.260 e. The first-order valence-electron chi connectivity index (χ1n) is 3.50. The van der Waals surface area contributed by atoms with Crippen LogP contribution in [0.3, 0.4) is 0 Å². The van der Waals surface area contributed by atoms with Gasteiger partial charge in [-0.05, 0) is 0 Å². The van der Waals surface area contributed by atoms with Crippen molar-refractivity contribution in [2.75, 3.05) is 26.2 Å². The summed E-state index contributed by atoms with van der Waals surface area (Å²) in [5.74, 6) is 0.537. The second-order valence-electron chi connectivity index (χ2n) is 2.53. The smallest absolute Gasteiger partial charge is 0.260 e. The third-order valence-corrected chi connectivity index (χ3v) is 1.92. The molecular formula is C5H8N4O2. The highest BCUT2D eigenvalue weighted by Crippen LogP contribution is 2.12. The summed E-state index contributed by atoms with van der Waals surface area (Å²) in [5.41, 5.74) is 0. The van der Waals surface area contributed by atoms with Crippen LogP contribution in [0.25, 0.3) is 0 Å². The van der Waals surface area contributed by atoms with Crippen LogP contribution in [-0.4, -0.2) is 47.1 Å². The van der Waals surface area contributed by atoms with E-state index in [1.165, 1.54) is 0 Å². The van der Waals surface area contributed by atoms with Gasteiger partial charge in [-0.3, -0.25) is 0 Å². The number of hydrazine groups is 1. The third-order valence-electron chi connectivity index (χ3n) is 1.92. The fourth-order valence-corrected chi connectivity index (χ4v) is 1.40. The Morgan fingerprint density at radius 1 is 1.45 bits per heavy atom. The molecule has 1 saturated heterocycles. The molecule has 0 unspecified atom stereocenters. The first kappa shape index (κ1) is 6.38. The monoisotopic (exact) mass is 156 g/mol. The van der Waals surface area contributed by atoms with E-state index in [2.05, 4.69) is 4.99 Å². The van der Waals surface area contributed by atoms with Gasteiger partial charge in [-0.1, -0.05) is 5.01 Å². The van der Waals surface area contributed by atoms with Crippen molar-refractivity contribution in [1.82, 2.24) is 9.91 Å². The summed E-state index contributed by atoms with van der Waals surface area (Å²) >= 11 is 0. The number of aliphatic imine (C=N–C) groups is 1. The number of hydrogen-bond donors (Lipinski definition) is 0. The average molecular weight is 156 g/mol. The van der Waals surface area contributed by atoms with Gasteiger partial charge >= 0.3 is 0 Å². The molecule has 1 fully saturated rings. The molecule has 0 aromatic heterocycles. The maximum atomic E-state index is 10.4. The zero-order chi connectivity index (χ0) is 7.84. The van der Waals surface area contributed by atoms with Gasteiger partial charge in [-0.25, -0.2) is 15.1 Å². The molecule has 11 heavy (non-hydrogen) atoms. The fourth-order valence-electron chi connectivity index (χ4n) is 1.40. The number of hydrogen-bond acceptors (Lipinski definition) is 4. The van der Waals surface area contributed by atoms with Gasteiger partial charge in [0.05, 0.1) is 6.54 Å². The van der Waals surface area contributed by atoms with E-state index in [1.807, 2.05) is 4.90 Å². The molecular weight excluding hydrogens is 148 g/mol. The highest BCUT2D eigenvalue weighted by Gasteiger charge is 2.36. The first-order chi connectivity index (χ1) is 5.29. The Kier molecular flexibility index (Phi) is 1.21. The molecule has 0 saturated carbocycles. The summed E-state index contributed by atoms with van der Waals surface area (Å²) in [6, 6.07) is 0. The molecule has 6 nitrogen and oxygen atoms in total. The van der Waals surface area contributed by atoms with Crippen LogP contribution in [0.1, 0.15) is 0 Å². The van der Waals surface area contributed by atoms with Crippen molar-refractivity contribution in [2.24, 2.45) is 4.99 Å². The second-order valence-corrected chi connectivity index (χ2v) is 2.53. The standard InChI is InChI=1S/C5H8N4O2/c10-9(11)8-4-3-7-2-1-6-5(7)8/h1-4H2. The van der Waals surface area contributed by atoms with Crippen LogP contribution < -0.4 is 0 Å². The van der Waals surface area contributed by atoms with Gasteiger partial charge in [0.2, 0.25) is 0 Å². The Balaban J connectivity index is 2.20. The summed E-state index contributed by atoms with van der Waals surface area (Å²) in [4.78, 5) is 16.3. The van der Waals surface area contributed by atoms with Gasteiger partial charge in [0, 0.05) is 13.1 Å². The van der Waals surface area contributed by atoms with Gasteiger partial charge in [0.25, 0.3) is 5.96 Å². The quantitative estimate of drug-likeness (QED) is 0.367. The molecule has 0 bridgehead atoms. The van der Waals surface area contributed by atoms with E-state index < -0.39 is 5.03 Å². The molecule has 0 aliphatic carbocycles. The van der Waals surface area contributed by atoms with Crippen LogP contribution in [0.2, 0.25) is 0 Å². The molecule has 0 aromatic carbocycles. The molecule has 0 N–H and O–H groups in total. The Hall–Kier alpha value is -1.33. The van der Waals surface area contributed by atoms with Crippen molar-refractivity contribution in [3.63, 3.8) is 0 Å². The highest BCUT2D eigenvalue weighted by atomic mass is 16.7. The highest BCUT2D eigenvalue weighted by molar-refractivity contribution is 5.82. The second kappa shape index (κ2) is 2.08. The lowest BCUT2D eigenvalue weighted by Gasteiger charge is -2.08. The average Bonchev–Trinajstić information content (AvgIpc) is 2.41. The van der Waals surface area contributed by atoms with E-state index in [0.717, 1.165) is 18.1 Å². The minimum atomic E-state index is -0.399. The van der Waals surface area contributed by atoms with Gasteiger partial charge in [0.15, 0.2) is 5.03 Å². The number of guanidine groups is 1. The third kappa shape index (κ3) is 0.821. The summed E-state index contributed by atoms with van der Waals surface area (Å²) < 4.78 is 0. The number of rotatable bonds is 1. The molecule has 2 aliphatic rings. The van der Waals surface area contributed by atoms with Crippen LogP contribution in [0, 0.1) is 10.1 Å². The molecule has 2 aliphatic heterocycles. The fraction of sp³-hybridized carbons (Fsp3) is 0.800. The SMILES string of the molecule is O=[N+]([O-])N1CCN2CCN=C21. The Labute approximate surface area is 63.2 Å². The van der Waals surface area contributed by atoms with E-state index in [9.17, 15) is 10.1 Å². The molecule has 0 amide bonds. The van der Waals surface area contributed by atoms with Crippen LogP contribution in [-0.2, 0) is 0 Å². The van der Waals surface area contributed by atoms with Gasteiger partial charge < -0.3 is 4.90 Å². The lowest BCUT2D eigenvalue weighted by molar-refractivity contribution is -0.626. The molecule has 2 rings (SSSR count). The van der Waals surface area contributed by atoms with Gasteiger partial charge in [-0.15, -0.1) is 0 Å². The zero-order valence-electron chi connectivity index (χ0n) is 5.93. The normalized spacial score (nSPS) is 22.0. The molecule has 0 spiro atoms.